The molecule has 0 fully saturated rings. The number of aromatic nitrogens is 1. The van der Waals surface area contributed by atoms with E-state index in [4.69, 9.17) is 0 Å². The predicted octanol–water partition coefficient (Wildman–Crippen LogP) is 4.79. The summed E-state index contributed by atoms with van der Waals surface area (Å²) in [6.45, 7) is 1.04. The van der Waals surface area contributed by atoms with E-state index in [9.17, 15) is 13.2 Å². The van der Waals surface area contributed by atoms with E-state index in [1.54, 1.807) is 29.3 Å². The van der Waals surface area contributed by atoms with Gasteiger partial charge in [-0.25, -0.2) is 13.2 Å². The summed E-state index contributed by atoms with van der Waals surface area (Å²) in [5.41, 5.74) is 5.67. The summed E-state index contributed by atoms with van der Waals surface area (Å²) in [5.74, 6) is 0. The molecule has 2 amide bonds. The fourth-order valence-electron chi connectivity index (χ4n) is 3.99. The minimum atomic E-state index is -3.27. The number of benzene rings is 3. The highest BCUT2D eigenvalue weighted by molar-refractivity contribution is 7.90. The monoisotopic (exact) mass is 431 g/mol. The van der Waals surface area contributed by atoms with Crippen LogP contribution in [0.15, 0.2) is 77.8 Å². The lowest BCUT2D eigenvalue weighted by Crippen LogP contribution is -2.30. The highest BCUT2D eigenvalue weighted by Gasteiger charge is 2.24. The number of para-hydroxylation sites is 1. The molecule has 0 aliphatic carbocycles. The number of carbonyl (C=O) groups is 1. The van der Waals surface area contributed by atoms with E-state index >= 15 is 0 Å². The zero-order chi connectivity index (χ0) is 21.6. The third-order valence-electron chi connectivity index (χ3n) is 5.64. The van der Waals surface area contributed by atoms with E-state index in [0.717, 1.165) is 38.8 Å². The second kappa shape index (κ2) is 7.28. The van der Waals surface area contributed by atoms with Crippen LogP contribution in [0.5, 0.6) is 0 Å². The van der Waals surface area contributed by atoms with Crippen LogP contribution in [0.4, 0.5) is 10.5 Å². The summed E-state index contributed by atoms with van der Waals surface area (Å²) in [4.78, 5) is 18.1. The zero-order valence-electron chi connectivity index (χ0n) is 16.9. The van der Waals surface area contributed by atoms with E-state index in [1.807, 2.05) is 48.5 Å². The van der Waals surface area contributed by atoms with Gasteiger partial charge in [-0.05, 0) is 46.5 Å². The Balaban J connectivity index is 1.36. The maximum atomic E-state index is 12.9. The van der Waals surface area contributed by atoms with Gasteiger partial charge in [-0.15, -0.1) is 0 Å². The molecule has 31 heavy (non-hydrogen) atoms. The minimum absolute atomic E-state index is 0.151. The molecule has 2 heterocycles. The number of hydrogen-bond donors (Lipinski definition) is 2. The van der Waals surface area contributed by atoms with Crippen molar-refractivity contribution in [2.75, 3.05) is 11.6 Å². The summed E-state index contributed by atoms with van der Waals surface area (Å²) < 4.78 is 23.8. The summed E-state index contributed by atoms with van der Waals surface area (Å²) >= 11 is 0. The van der Waals surface area contributed by atoms with E-state index in [1.165, 1.54) is 6.26 Å². The Bertz CT molecular complexity index is 1420. The Kier molecular flexibility index (Phi) is 4.55. The molecule has 4 aromatic rings. The third-order valence-corrected chi connectivity index (χ3v) is 6.75. The van der Waals surface area contributed by atoms with Crippen LogP contribution in [0.3, 0.4) is 0 Å². The van der Waals surface area contributed by atoms with Gasteiger partial charge in [0.2, 0.25) is 0 Å². The van der Waals surface area contributed by atoms with Crippen molar-refractivity contribution < 1.29 is 13.2 Å². The van der Waals surface area contributed by atoms with Crippen molar-refractivity contribution in [1.29, 1.82) is 0 Å². The molecule has 6 nitrogen and oxygen atoms in total. The van der Waals surface area contributed by atoms with Crippen LogP contribution in [0.2, 0.25) is 0 Å². The Morgan fingerprint density at radius 1 is 0.935 bits per heavy atom. The maximum Gasteiger partial charge on any atom is 0.322 e. The van der Waals surface area contributed by atoms with Crippen LogP contribution >= 0.6 is 0 Å². The molecular weight excluding hydrogens is 410 g/mol. The molecule has 5 rings (SSSR count). The lowest BCUT2D eigenvalue weighted by atomic mass is 10.0. The average molecular weight is 432 g/mol. The first-order valence-corrected chi connectivity index (χ1v) is 11.8. The molecule has 1 aliphatic rings. The molecule has 0 saturated carbocycles. The standard InChI is InChI=1S/C24H21N3O3S/c1-31(29,30)20-6-4-5-16(12-20)17-9-10-18-14-27(15-19(18)11-17)24(28)26-23-13-25-22-8-3-2-7-21(22)23/h2-13,25H,14-15H2,1H3,(H,26,28). The Morgan fingerprint density at radius 2 is 1.71 bits per heavy atom. The van der Waals surface area contributed by atoms with Gasteiger partial charge in [-0.1, -0.05) is 42.5 Å². The van der Waals surface area contributed by atoms with Crippen LogP contribution in [-0.4, -0.2) is 30.6 Å². The molecule has 3 aromatic carbocycles. The summed E-state index contributed by atoms with van der Waals surface area (Å²) in [6.07, 6.45) is 3.01. The van der Waals surface area contributed by atoms with Gasteiger partial charge < -0.3 is 15.2 Å². The highest BCUT2D eigenvalue weighted by atomic mass is 32.2. The molecule has 0 bridgehead atoms. The number of H-pyrrole nitrogens is 1. The van der Waals surface area contributed by atoms with Crippen LogP contribution in [0, 0.1) is 0 Å². The number of nitrogens with zero attached hydrogens (tertiary/aromatic N) is 1. The van der Waals surface area contributed by atoms with Crippen molar-refractivity contribution in [3.63, 3.8) is 0 Å². The zero-order valence-corrected chi connectivity index (χ0v) is 17.7. The van der Waals surface area contributed by atoms with E-state index < -0.39 is 9.84 Å². The number of rotatable bonds is 3. The maximum absolute atomic E-state index is 12.9. The number of fused-ring (bicyclic) bond motifs is 2. The fourth-order valence-corrected chi connectivity index (χ4v) is 4.66. The molecule has 0 radical (unpaired) electrons. The van der Waals surface area contributed by atoms with Gasteiger partial charge in [0.15, 0.2) is 9.84 Å². The molecule has 7 heteroatoms. The normalized spacial score (nSPS) is 13.4. The topological polar surface area (TPSA) is 82.3 Å². The van der Waals surface area contributed by atoms with Gasteiger partial charge in [-0.3, -0.25) is 0 Å². The summed E-state index contributed by atoms with van der Waals surface area (Å²) in [7, 11) is -3.27. The van der Waals surface area contributed by atoms with E-state index in [-0.39, 0.29) is 6.03 Å². The molecule has 1 aliphatic heterocycles. The molecule has 0 atom stereocenters. The lowest BCUT2D eigenvalue weighted by Gasteiger charge is -2.16. The second-order valence-electron chi connectivity index (χ2n) is 7.82. The number of carbonyl (C=O) groups excluding carboxylic acids is 1. The van der Waals surface area contributed by atoms with Crippen molar-refractivity contribution in [2.24, 2.45) is 0 Å². The first-order valence-electron chi connectivity index (χ1n) is 9.93. The van der Waals surface area contributed by atoms with Crippen LogP contribution in [-0.2, 0) is 22.9 Å². The Labute approximate surface area is 180 Å². The highest BCUT2D eigenvalue weighted by Crippen LogP contribution is 2.30. The molecule has 0 spiro atoms. The SMILES string of the molecule is CS(=O)(=O)c1cccc(-c2ccc3c(c2)CN(C(=O)Nc2c[nH]c4ccccc24)C3)c1. The molecule has 0 unspecified atom stereocenters. The first-order chi connectivity index (χ1) is 14.9. The van der Waals surface area contributed by atoms with Crippen molar-refractivity contribution in [3.05, 3.63) is 84.1 Å². The van der Waals surface area contributed by atoms with Crippen molar-refractivity contribution in [1.82, 2.24) is 9.88 Å². The van der Waals surface area contributed by atoms with E-state index in [2.05, 4.69) is 10.3 Å². The number of hydrogen-bond acceptors (Lipinski definition) is 3. The molecule has 0 saturated heterocycles. The fraction of sp³-hybridized carbons (Fsp3) is 0.125. The van der Waals surface area contributed by atoms with Crippen LogP contribution in [0.25, 0.3) is 22.0 Å². The van der Waals surface area contributed by atoms with Crippen molar-refractivity contribution in [2.45, 2.75) is 18.0 Å². The Morgan fingerprint density at radius 3 is 2.55 bits per heavy atom. The smallest absolute Gasteiger partial charge is 0.322 e. The van der Waals surface area contributed by atoms with Gasteiger partial charge in [0, 0.05) is 36.4 Å². The van der Waals surface area contributed by atoms with E-state index in [0.29, 0.717) is 18.0 Å². The van der Waals surface area contributed by atoms with Crippen molar-refractivity contribution >= 4 is 32.5 Å². The lowest BCUT2D eigenvalue weighted by molar-refractivity contribution is 0.212. The first kappa shape index (κ1) is 19.4. The predicted molar refractivity (Wildman–Crippen MR) is 122 cm³/mol. The van der Waals surface area contributed by atoms with Crippen LogP contribution in [0.1, 0.15) is 11.1 Å². The number of sulfone groups is 1. The third kappa shape index (κ3) is 3.68. The molecule has 1 aromatic heterocycles. The van der Waals surface area contributed by atoms with Crippen molar-refractivity contribution in [3.8, 4) is 11.1 Å². The molecule has 156 valence electrons. The number of urea groups is 1. The number of nitrogens with one attached hydrogen (secondary N) is 2. The minimum Gasteiger partial charge on any atom is -0.359 e. The van der Waals surface area contributed by atoms with Gasteiger partial charge in [-0.2, -0.15) is 0 Å². The van der Waals surface area contributed by atoms with Crippen LogP contribution < -0.4 is 5.32 Å². The summed E-state index contributed by atoms with van der Waals surface area (Å²) in [6, 6.07) is 20.6. The van der Waals surface area contributed by atoms with Gasteiger partial charge in [0.25, 0.3) is 0 Å². The number of amides is 2. The average Bonchev–Trinajstić information content (AvgIpc) is 3.37. The number of aromatic amines is 1. The van der Waals surface area contributed by atoms with Gasteiger partial charge in [0.1, 0.15) is 0 Å². The largest absolute Gasteiger partial charge is 0.359 e. The molecular formula is C24H21N3O3S. The second-order valence-corrected chi connectivity index (χ2v) is 9.83. The molecule has 2 N–H and O–H groups in total. The number of anilines is 1. The summed E-state index contributed by atoms with van der Waals surface area (Å²) in [5, 5.41) is 3.97. The van der Waals surface area contributed by atoms with Gasteiger partial charge >= 0.3 is 6.03 Å². The Hall–Kier alpha value is -3.58. The van der Waals surface area contributed by atoms with Gasteiger partial charge in [0.05, 0.1) is 10.6 Å². The quantitative estimate of drug-likeness (QED) is 0.489.